The molecule has 7 heteroatoms. The lowest BCUT2D eigenvalue weighted by Gasteiger charge is -2.28. The van der Waals surface area contributed by atoms with Gasteiger partial charge in [0.1, 0.15) is 0 Å². The quantitative estimate of drug-likeness (QED) is 0.638. The predicted molar refractivity (Wildman–Crippen MR) is 102 cm³/mol. The molecule has 3 aromatic rings. The molecule has 0 spiro atoms. The van der Waals surface area contributed by atoms with Crippen LogP contribution in [-0.4, -0.2) is 51.5 Å². The van der Waals surface area contributed by atoms with Crippen molar-refractivity contribution in [1.82, 2.24) is 25.3 Å². The van der Waals surface area contributed by atoms with Crippen LogP contribution >= 0.6 is 0 Å². The zero-order chi connectivity index (χ0) is 18.5. The number of aromatic nitrogens is 4. The lowest BCUT2D eigenvalue weighted by molar-refractivity contribution is 0.268. The van der Waals surface area contributed by atoms with Gasteiger partial charge in [-0.15, -0.1) is 15.3 Å². The number of nitrogens with zero attached hydrogens (tertiary/aromatic N) is 6. The van der Waals surface area contributed by atoms with Gasteiger partial charge in [0.25, 0.3) is 0 Å². The molecule has 1 aliphatic heterocycles. The molecule has 3 heterocycles. The van der Waals surface area contributed by atoms with E-state index in [2.05, 4.69) is 49.4 Å². The van der Waals surface area contributed by atoms with E-state index >= 15 is 0 Å². The minimum Gasteiger partial charge on any atom is -0.424 e. The van der Waals surface area contributed by atoms with Gasteiger partial charge in [0.05, 0.1) is 13.0 Å². The maximum atomic E-state index is 5.83. The summed E-state index contributed by atoms with van der Waals surface area (Å²) in [5.41, 5.74) is 1.17. The lowest BCUT2D eigenvalue weighted by atomic mass is 10.2. The van der Waals surface area contributed by atoms with Crippen LogP contribution in [0, 0.1) is 0 Å². The second kappa shape index (κ2) is 8.26. The smallest absolute Gasteiger partial charge is 0.230 e. The Morgan fingerprint density at radius 3 is 2.74 bits per heavy atom. The van der Waals surface area contributed by atoms with Crippen LogP contribution in [-0.2, 0) is 13.0 Å². The third-order valence-corrected chi connectivity index (χ3v) is 4.86. The van der Waals surface area contributed by atoms with E-state index in [9.17, 15) is 0 Å². The van der Waals surface area contributed by atoms with Crippen LogP contribution in [0.25, 0.3) is 0 Å². The SMILES string of the molecule is CN(Cc1nnc(Cc2ccccc2)o1)CC1CCCN1c1cccnn1. The second-order valence-corrected chi connectivity index (χ2v) is 7.02. The summed E-state index contributed by atoms with van der Waals surface area (Å²) in [5.74, 6) is 2.27. The van der Waals surface area contributed by atoms with Crippen molar-refractivity contribution in [2.24, 2.45) is 0 Å². The average molecular weight is 364 g/mol. The van der Waals surface area contributed by atoms with Gasteiger partial charge in [-0.3, -0.25) is 4.90 Å². The zero-order valence-electron chi connectivity index (χ0n) is 15.5. The molecule has 1 fully saturated rings. The normalized spacial score (nSPS) is 17.0. The van der Waals surface area contributed by atoms with Crippen LogP contribution in [0.15, 0.2) is 53.1 Å². The third kappa shape index (κ3) is 4.49. The molecule has 0 bridgehead atoms. The molecular weight excluding hydrogens is 340 g/mol. The Labute approximate surface area is 159 Å². The zero-order valence-corrected chi connectivity index (χ0v) is 15.5. The van der Waals surface area contributed by atoms with E-state index < -0.39 is 0 Å². The summed E-state index contributed by atoms with van der Waals surface area (Å²) in [6, 6.07) is 14.6. The van der Waals surface area contributed by atoms with E-state index in [4.69, 9.17) is 4.42 Å². The van der Waals surface area contributed by atoms with E-state index in [0.29, 0.717) is 30.8 Å². The van der Waals surface area contributed by atoms with Crippen LogP contribution in [0.4, 0.5) is 5.82 Å². The largest absolute Gasteiger partial charge is 0.424 e. The van der Waals surface area contributed by atoms with Crippen LogP contribution in [0.1, 0.15) is 30.2 Å². The predicted octanol–water partition coefficient (Wildman–Crippen LogP) is 2.55. The summed E-state index contributed by atoms with van der Waals surface area (Å²) in [7, 11) is 2.09. The highest BCUT2D eigenvalue weighted by Crippen LogP contribution is 2.23. The summed E-state index contributed by atoms with van der Waals surface area (Å²) in [4.78, 5) is 4.58. The highest BCUT2D eigenvalue weighted by Gasteiger charge is 2.27. The molecule has 1 unspecified atom stereocenters. The van der Waals surface area contributed by atoms with Crippen molar-refractivity contribution in [2.75, 3.05) is 25.0 Å². The van der Waals surface area contributed by atoms with Gasteiger partial charge in [0, 0.05) is 25.3 Å². The van der Waals surface area contributed by atoms with Crippen LogP contribution < -0.4 is 4.90 Å². The Bertz CT molecular complexity index is 838. The molecule has 0 radical (unpaired) electrons. The highest BCUT2D eigenvalue weighted by atomic mass is 16.4. The van der Waals surface area contributed by atoms with E-state index in [-0.39, 0.29) is 0 Å². The van der Waals surface area contributed by atoms with Crippen LogP contribution in [0.5, 0.6) is 0 Å². The Morgan fingerprint density at radius 2 is 1.93 bits per heavy atom. The Kier molecular flexibility index (Phi) is 5.39. The van der Waals surface area contributed by atoms with Gasteiger partial charge in [-0.2, -0.15) is 5.10 Å². The van der Waals surface area contributed by atoms with E-state index in [1.165, 1.54) is 12.0 Å². The van der Waals surface area contributed by atoms with Gasteiger partial charge in [-0.1, -0.05) is 30.3 Å². The van der Waals surface area contributed by atoms with Gasteiger partial charge >= 0.3 is 0 Å². The van der Waals surface area contributed by atoms with E-state index in [0.717, 1.165) is 25.3 Å². The van der Waals surface area contributed by atoms with Gasteiger partial charge in [-0.05, 0) is 37.6 Å². The summed E-state index contributed by atoms with van der Waals surface area (Å²) >= 11 is 0. The minimum absolute atomic E-state index is 0.429. The Balaban J connectivity index is 1.33. The van der Waals surface area contributed by atoms with Crippen molar-refractivity contribution in [2.45, 2.75) is 31.8 Å². The third-order valence-electron chi connectivity index (χ3n) is 4.86. The maximum absolute atomic E-state index is 5.83. The van der Waals surface area contributed by atoms with Crippen LogP contribution in [0.2, 0.25) is 0 Å². The molecule has 4 rings (SSSR count). The fourth-order valence-electron chi connectivity index (χ4n) is 3.62. The van der Waals surface area contributed by atoms with Crippen molar-refractivity contribution >= 4 is 5.82 Å². The molecule has 0 amide bonds. The molecule has 0 aliphatic carbocycles. The van der Waals surface area contributed by atoms with Gasteiger partial charge in [-0.25, -0.2) is 0 Å². The number of rotatable bonds is 7. The number of likely N-dealkylation sites (N-methyl/N-ethyl adjacent to an activating group) is 1. The van der Waals surface area contributed by atoms with Crippen molar-refractivity contribution < 1.29 is 4.42 Å². The lowest BCUT2D eigenvalue weighted by Crippen LogP contribution is -2.39. The number of hydrogen-bond donors (Lipinski definition) is 0. The molecule has 7 nitrogen and oxygen atoms in total. The first-order valence-corrected chi connectivity index (χ1v) is 9.36. The standard InChI is InChI=1S/C20H24N6O/c1-25(14-17-9-6-12-26(17)18-10-5-11-21-22-18)15-20-24-23-19(27-20)13-16-7-3-2-4-8-16/h2-5,7-8,10-11,17H,6,9,12-15H2,1H3. The van der Waals surface area contributed by atoms with E-state index in [1.54, 1.807) is 6.20 Å². The summed E-state index contributed by atoms with van der Waals surface area (Å²) < 4.78 is 5.83. The average Bonchev–Trinajstić information content (AvgIpc) is 3.33. The van der Waals surface area contributed by atoms with Crippen molar-refractivity contribution in [3.05, 3.63) is 66.0 Å². The molecule has 1 saturated heterocycles. The van der Waals surface area contributed by atoms with Crippen LogP contribution in [0.3, 0.4) is 0 Å². The Hall–Kier alpha value is -2.80. The molecule has 1 aromatic carbocycles. The maximum Gasteiger partial charge on any atom is 0.230 e. The van der Waals surface area contributed by atoms with E-state index in [1.807, 2.05) is 30.3 Å². The molecule has 1 atom stereocenters. The second-order valence-electron chi connectivity index (χ2n) is 7.02. The Morgan fingerprint density at radius 1 is 1.07 bits per heavy atom. The number of hydrogen-bond acceptors (Lipinski definition) is 7. The molecule has 1 aliphatic rings. The fourth-order valence-corrected chi connectivity index (χ4v) is 3.62. The molecule has 0 saturated carbocycles. The van der Waals surface area contributed by atoms with Gasteiger partial charge < -0.3 is 9.32 Å². The number of anilines is 1. The topological polar surface area (TPSA) is 71.2 Å². The fraction of sp³-hybridized carbons (Fsp3) is 0.400. The number of benzene rings is 1. The molecule has 2 aromatic heterocycles. The monoisotopic (exact) mass is 364 g/mol. The molecular formula is C20H24N6O. The first-order chi connectivity index (χ1) is 13.3. The molecule has 140 valence electrons. The first kappa shape index (κ1) is 17.6. The van der Waals surface area contributed by atoms with Crippen molar-refractivity contribution in [1.29, 1.82) is 0 Å². The van der Waals surface area contributed by atoms with Gasteiger partial charge in [0.15, 0.2) is 5.82 Å². The van der Waals surface area contributed by atoms with Crippen molar-refractivity contribution in [3.8, 4) is 0 Å². The highest BCUT2D eigenvalue weighted by molar-refractivity contribution is 5.39. The summed E-state index contributed by atoms with van der Waals surface area (Å²) in [5, 5.41) is 16.7. The minimum atomic E-state index is 0.429. The first-order valence-electron chi connectivity index (χ1n) is 9.36. The summed E-state index contributed by atoms with van der Waals surface area (Å²) in [6.07, 6.45) is 4.71. The van der Waals surface area contributed by atoms with Crippen molar-refractivity contribution in [3.63, 3.8) is 0 Å². The molecule has 0 N–H and O–H groups in total. The molecule has 27 heavy (non-hydrogen) atoms. The van der Waals surface area contributed by atoms with Gasteiger partial charge in [0.2, 0.25) is 11.8 Å². The summed E-state index contributed by atoms with van der Waals surface area (Å²) in [6.45, 7) is 2.60.